The third-order valence-corrected chi connectivity index (χ3v) is 3.19. The van der Waals surface area contributed by atoms with Crippen molar-refractivity contribution < 1.29 is 9.26 Å². The Morgan fingerprint density at radius 1 is 1.53 bits per heavy atom. The van der Waals surface area contributed by atoms with Crippen LogP contribution in [0.1, 0.15) is 45.3 Å². The molecule has 1 fully saturated rings. The van der Waals surface area contributed by atoms with E-state index in [1.54, 1.807) is 0 Å². The Hall–Kier alpha value is -0.940. The zero-order chi connectivity index (χ0) is 12.3. The largest absolute Gasteiger partial charge is 0.367 e. The molecule has 1 aromatic rings. The van der Waals surface area contributed by atoms with Gasteiger partial charge >= 0.3 is 0 Å². The molecule has 1 N–H and O–H groups in total. The molecule has 1 aliphatic heterocycles. The minimum absolute atomic E-state index is 0.344. The summed E-state index contributed by atoms with van der Waals surface area (Å²) >= 11 is 0. The monoisotopic (exact) mass is 239 g/mol. The highest BCUT2D eigenvalue weighted by molar-refractivity contribution is 5.02. The first-order valence-corrected chi connectivity index (χ1v) is 6.34. The number of hydrogen-bond acceptors (Lipinski definition) is 5. The molecule has 5 heteroatoms. The van der Waals surface area contributed by atoms with Gasteiger partial charge in [-0.1, -0.05) is 12.1 Å². The Morgan fingerprint density at radius 3 is 3.00 bits per heavy atom. The molecule has 1 aliphatic rings. The zero-order valence-electron chi connectivity index (χ0n) is 10.8. The number of rotatable bonds is 5. The van der Waals surface area contributed by atoms with Gasteiger partial charge in [-0.05, 0) is 33.2 Å². The molecular weight excluding hydrogens is 218 g/mol. The maximum atomic E-state index is 5.69. The molecule has 5 nitrogen and oxygen atoms in total. The molecule has 0 spiro atoms. The van der Waals surface area contributed by atoms with Crippen LogP contribution in [0.25, 0.3) is 0 Å². The highest BCUT2D eigenvalue weighted by Crippen LogP contribution is 2.33. The van der Waals surface area contributed by atoms with Crippen molar-refractivity contribution in [1.29, 1.82) is 0 Å². The number of nitrogens with zero attached hydrogens (tertiary/aromatic N) is 2. The van der Waals surface area contributed by atoms with Crippen molar-refractivity contribution in [2.24, 2.45) is 0 Å². The minimum Gasteiger partial charge on any atom is -0.367 e. The highest BCUT2D eigenvalue weighted by atomic mass is 16.5. The van der Waals surface area contributed by atoms with Crippen LogP contribution < -0.4 is 5.32 Å². The van der Waals surface area contributed by atoms with Crippen molar-refractivity contribution in [3.8, 4) is 0 Å². The number of hydrogen-bond donors (Lipinski definition) is 1. The molecule has 2 heterocycles. The maximum absolute atomic E-state index is 5.69. The van der Waals surface area contributed by atoms with Gasteiger partial charge in [-0.2, -0.15) is 4.98 Å². The van der Waals surface area contributed by atoms with Crippen LogP contribution in [0.15, 0.2) is 4.52 Å². The molecule has 2 rings (SSSR count). The Balaban J connectivity index is 2.00. The smallest absolute Gasteiger partial charge is 0.228 e. The normalized spacial score (nSPS) is 26.3. The van der Waals surface area contributed by atoms with E-state index in [-0.39, 0.29) is 5.60 Å². The fourth-order valence-electron chi connectivity index (χ4n) is 2.19. The van der Waals surface area contributed by atoms with E-state index in [9.17, 15) is 0 Å². The molecule has 1 saturated heterocycles. The summed E-state index contributed by atoms with van der Waals surface area (Å²) in [5, 5.41) is 7.37. The van der Waals surface area contributed by atoms with Crippen LogP contribution in [-0.4, -0.2) is 29.3 Å². The predicted molar refractivity (Wildman–Crippen MR) is 63.7 cm³/mol. The second-order valence-electron chi connectivity index (χ2n) is 4.86. The lowest BCUT2D eigenvalue weighted by Gasteiger charge is -2.17. The van der Waals surface area contributed by atoms with Gasteiger partial charge in [-0.25, -0.2) is 0 Å². The minimum atomic E-state index is -0.344. The van der Waals surface area contributed by atoms with Crippen molar-refractivity contribution >= 4 is 0 Å². The lowest BCUT2D eigenvalue weighted by molar-refractivity contribution is 0.00768. The summed E-state index contributed by atoms with van der Waals surface area (Å²) < 4.78 is 11.0. The van der Waals surface area contributed by atoms with Crippen molar-refractivity contribution in [1.82, 2.24) is 15.5 Å². The standard InChI is InChI=1S/C12H21N3O2/c1-4-13-9(2)8-10-14-11(15-17-10)12(3)6-5-7-16-12/h9,13H,4-8H2,1-3H3. The Kier molecular flexibility index (Phi) is 3.79. The van der Waals surface area contributed by atoms with Gasteiger partial charge in [0.2, 0.25) is 11.7 Å². The summed E-state index contributed by atoms with van der Waals surface area (Å²) in [4.78, 5) is 4.44. The highest BCUT2D eigenvalue weighted by Gasteiger charge is 2.36. The van der Waals surface area contributed by atoms with E-state index in [0.717, 1.165) is 32.4 Å². The summed E-state index contributed by atoms with van der Waals surface area (Å²) in [5.74, 6) is 1.37. The van der Waals surface area contributed by atoms with E-state index in [0.29, 0.717) is 17.8 Å². The summed E-state index contributed by atoms with van der Waals surface area (Å²) in [5.41, 5.74) is -0.344. The molecule has 1 aromatic heterocycles. The van der Waals surface area contributed by atoms with Gasteiger partial charge in [0.05, 0.1) is 0 Å². The van der Waals surface area contributed by atoms with E-state index >= 15 is 0 Å². The summed E-state index contributed by atoms with van der Waals surface area (Å²) in [6.45, 7) is 7.96. The Bertz CT molecular complexity index is 358. The van der Waals surface area contributed by atoms with Gasteiger partial charge < -0.3 is 14.6 Å². The van der Waals surface area contributed by atoms with Crippen molar-refractivity contribution in [3.05, 3.63) is 11.7 Å². The first-order chi connectivity index (χ1) is 8.14. The van der Waals surface area contributed by atoms with Gasteiger partial charge in [0.15, 0.2) is 0 Å². The molecule has 0 amide bonds. The third-order valence-electron chi connectivity index (χ3n) is 3.19. The van der Waals surface area contributed by atoms with Crippen LogP contribution in [0.5, 0.6) is 0 Å². The molecule has 17 heavy (non-hydrogen) atoms. The van der Waals surface area contributed by atoms with Gasteiger partial charge in [0, 0.05) is 19.1 Å². The van der Waals surface area contributed by atoms with Crippen LogP contribution in [0.2, 0.25) is 0 Å². The number of likely N-dealkylation sites (N-methyl/N-ethyl adjacent to an activating group) is 1. The predicted octanol–water partition coefficient (Wildman–Crippen LogP) is 1.64. The van der Waals surface area contributed by atoms with Gasteiger partial charge in [-0.15, -0.1) is 0 Å². The topological polar surface area (TPSA) is 60.2 Å². The quantitative estimate of drug-likeness (QED) is 0.846. The first-order valence-electron chi connectivity index (χ1n) is 6.34. The van der Waals surface area contributed by atoms with Gasteiger partial charge in [0.25, 0.3) is 0 Å². The molecule has 0 aliphatic carbocycles. The molecule has 0 saturated carbocycles. The van der Waals surface area contributed by atoms with Gasteiger partial charge in [0.1, 0.15) is 5.60 Å². The number of ether oxygens (including phenoxy) is 1. The average molecular weight is 239 g/mol. The Morgan fingerprint density at radius 2 is 2.35 bits per heavy atom. The fourth-order valence-corrected chi connectivity index (χ4v) is 2.19. The fraction of sp³-hybridized carbons (Fsp3) is 0.833. The van der Waals surface area contributed by atoms with E-state index in [2.05, 4.69) is 29.3 Å². The van der Waals surface area contributed by atoms with E-state index < -0.39 is 0 Å². The Labute approximate surface area is 102 Å². The lowest BCUT2D eigenvalue weighted by Crippen LogP contribution is -2.28. The van der Waals surface area contributed by atoms with E-state index in [4.69, 9.17) is 9.26 Å². The van der Waals surface area contributed by atoms with Crippen molar-refractivity contribution in [3.63, 3.8) is 0 Å². The zero-order valence-corrected chi connectivity index (χ0v) is 10.8. The van der Waals surface area contributed by atoms with E-state index in [1.165, 1.54) is 0 Å². The second-order valence-corrected chi connectivity index (χ2v) is 4.86. The second kappa shape index (κ2) is 5.14. The average Bonchev–Trinajstić information content (AvgIpc) is 2.88. The van der Waals surface area contributed by atoms with Crippen LogP contribution in [0, 0.1) is 0 Å². The number of aromatic nitrogens is 2. The molecule has 96 valence electrons. The first kappa shape index (κ1) is 12.5. The molecule has 2 unspecified atom stereocenters. The van der Waals surface area contributed by atoms with Crippen LogP contribution in [-0.2, 0) is 16.8 Å². The van der Waals surface area contributed by atoms with Crippen LogP contribution >= 0.6 is 0 Å². The van der Waals surface area contributed by atoms with Crippen molar-refractivity contribution in [2.75, 3.05) is 13.2 Å². The summed E-state index contributed by atoms with van der Waals surface area (Å²) in [7, 11) is 0. The van der Waals surface area contributed by atoms with E-state index in [1.807, 2.05) is 6.92 Å². The molecule has 0 bridgehead atoms. The maximum Gasteiger partial charge on any atom is 0.228 e. The van der Waals surface area contributed by atoms with Crippen LogP contribution in [0.4, 0.5) is 0 Å². The third kappa shape index (κ3) is 2.84. The summed E-state index contributed by atoms with van der Waals surface area (Å²) in [6, 6.07) is 0.352. The SMILES string of the molecule is CCNC(C)Cc1nc(C2(C)CCCO2)no1. The molecular formula is C12H21N3O2. The summed E-state index contributed by atoms with van der Waals surface area (Å²) in [6.07, 6.45) is 2.79. The molecule has 2 atom stereocenters. The molecule has 0 radical (unpaired) electrons. The lowest BCUT2D eigenvalue weighted by atomic mass is 10.0. The number of nitrogens with one attached hydrogen (secondary N) is 1. The van der Waals surface area contributed by atoms with Crippen LogP contribution in [0.3, 0.4) is 0 Å². The van der Waals surface area contributed by atoms with Crippen molar-refractivity contribution in [2.45, 2.75) is 51.7 Å². The molecule has 0 aromatic carbocycles. The van der Waals surface area contributed by atoms with Gasteiger partial charge in [-0.3, -0.25) is 0 Å².